The topological polar surface area (TPSA) is 82.1 Å². The van der Waals surface area contributed by atoms with Crippen molar-refractivity contribution in [2.24, 2.45) is 5.92 Å². The third kappa shape index (κ3) is 7.77. The Balaban J connectivity index is 2.25. The molecular weight excluding hydrogens is 294 g/mol. The van der Waals surface area contributed by atoms with Crippen LogP contribution in [0.25, 0.3) is 0 Å². The van der Waals surface area contributed by atoms with Crippen molar-refractivity contribution in [1.82, 2.24) is 5.32 Å². The molecule has 0 aromatic rings. The molecule has 3 N–H and O–H groups in total. The molecule has 0 saturated carbocycles. The molecule has 1 heterocycles. The van der Waals surface area contributed by atoms with Gasteiger partial charge >= 0.3 is 0 Å². The molecule has 4 atom stereocenters. The minimum atomic E-state index is -0.355. The van der Waals surface area contributed by atoms with Gasteiger partial charge in [0.2, 0.25) is 5.91 Å². The third-order valence-electron chi connectivity index (χ3n) is 4.43. The molecule has 132 valence electrons. The van der Waals surface area contributed by atoms with E-state index in [1.165, 1.54) is 6.92 Å². The number of nitrogens with one attached hydrogen (secondary N) is 1. The van der Waals surface area contributed by atoms with Crippen molar-refractivity contribution in [2.75, 3.05) is 13.2 Å². The zero-order chi connectivity index (χ0) is 17.4. The predicted octanol–water partition coefficient (Wildman–Crippen LogP) is 1.94. The van der Waals surface area contributed by atoms with Crippen LogP contribution in [-0.4, -0.2) is 47.6 Å². The fourth-order valence-electron chi connectivity index (χ4n) is 2.55. The Morgan fingerprint density at radius 3 is 2.48 bits per heavy atom. The number of aliphatic hydroxyl groups is 2. The van der Waals surface area contributed by atoms with Gasteiger partial charge in [0.15, 0.2) is 0 Å². The average Bonchev–Trinajstić information content (AvgIpc) is 3.23. The number of amides is 1. The van der Waals surface area contributed by atoms with E-state index in [1.807, 2.05) is 20.8 Å². The van der Waals surface area contributed by atoms with Gasteiger partial charge in [-0.25, -0.2) is 0 Å². The molecule has 5 heteroatoms. The van der Waals surface area contributed by atoms with Crippen molar-refractivity contribution < 1.29 is 19.7 Å². The number of hydrogen-bond acceptors (Lipinski definition) is 4. The minimum Gasteiger partial charge on any atom is -0.393 e. The largest absolute Gasteiger partial charge is 0.393 e. The molecular formula is C18H31NO4. The first-order chi connectivity index (χ1) is 10.8. The second kappa shape index (κ2) is 9.85. The van der Waals surface area contributed by atoms with E-state index in [9.17, 15) is 9.90 Å². The van der Waals surface area contributed by atoms with Crippen LogP contribution in [0.3, 0.4) is 0 Å². The first-order valence-electron chi connectivity index (χ1n) is 8.37. The van der Waals surface area contributed by atoms with Gasteiger partial charge in [-0.1, -0.05) is 30.2 Å². The van der Waals surface area contributed by atoms with Crippen molar-refractivity contribution in [3.05, 3.63) is 23.3 Å². The Morgan fingerprint density at radius 2 is 1.87 bits per heavy atom. The van der Waals surface area contributed by atoms with Crippen LogP contribution in [0.5, 0.6) is 0 Å². The van der Waals surface area contributed by atoms with Gasteiger partial charge in [-0.3, -0.25) is 4.79 Å². The predicted molar refractivity (Wildman–Crippen MR) is 91.0 cm³/mol. The van der Waals surface area contributed by atoms with Crippen molar-refractivity contribution in [3.8, 4) is 0 Å². The molecule has 0 aromatic carbocycles. The van der Waals surface area contributed by atoms with Crippen LogP contribution < -0.4 is 5.32 Å². The first-order valence-corrected chi connectivity index (χ1v) is 8.37. The van der Waals surface area contributed by atoms with Gasteiger partial charge in [-0.2, -0.15) is 0 Å². The molecule has 23 heavy (non-hydrogen) atoms. The fraction of sp³-hybridized carbons (Fsp3) is 0.722. The SMILES string of the molecule is CC(=O)NC[C@@H]1O[C@H]1C[C@H](C)[C@@H](O)CC/C=C(C)/C(C)=C/CO. The Labute approximate surface area is 139 Å². The summed E-state index contributed by atoms with van der Waals surface area (Å²) in [5.41, 5.74) is 2.21. The number of ether oxygens (including phenoxy) is 1. The fourth-order valence-corrected chi connectivity index (χ4v) is 2.55. The second-order valence-corrected chi connectivity index (χ2v) is 6.46. The maximum Gasteiger partial charge on any atom is 0.216 e. The van der Waals surface area contributed by atoms with Gasteiger partial charge in [0, 0.05) is 13.5 Å². The summed E-state index contributed by atoms with van der Waals surface area (Å²) in [6, 6.07) is 0. The highest BCUT2D eigenvalue weighted by molar-refractivity contribution is 5.72. The van der Waals surface area contributed by atoms with E-state index in [2.05, 4.69) is 11.4 Å². The molecule has 0 bridgehead atoms. The number of aliphatic hydroxyl groups excluding tert-OH is 2. The highest BCUT2D eigenvalue weighted by Gasteiger charge is 2.40. The van der Waals surface area contributed by atoms with Crippen LogP contribution >= 0.6 is 0 Å². The van der Waals surface area contributed by atoms with Crippen LogP contribution in [-0.2, 0) is 9.53 Å². The minimum absolute atomic E-state index is 0.0416. The summed E-state index contributed by atoms with van der Waals surface area (Å²) in [6.45, 7) is 8.13. The number of rotatable bonds is 10. The Kier molecular flexibility index (Phi) is 8.52. The third-order valence-corrected chi connectivity index (χ3v) is 4.43. The second-order valence-electron chi connectivity index (χ2n) is 6.46. The lowest BCUT2D eigenvalue weighted by Crippen LogP contribution is -2.26. The summed E-state index contributed by atoms with van der Waals surface area (Å²) < 4.78 is 5.52. The summed E-state index contributed by atoms with van der Waals surface area (Å²) in [7, 11) is 0. The van der Waals surface area contributed by atoms with E-state index in [4.69, 9.17) is 9.84 Å². The molecule has 1 saturated heterocycles. The van der Waals surface area contributed by atoms with E-state index < -0.39 is 0 Å². The number of hydrogen-bond donors (Lipinski definition) is 3. The Bertz CT molecular complexity index is 444. The van der Waals surface area contributed by atoms with Crippen LogP contribution in [0.1, 0.15) is 47.0 Å². The van der Waals surface area contributed by atoms with Gasteiger partial charge in [-0.15, -0.1) is 0 Å². The van der Waals surface area contributed by atoms with Gasteiger partial charge < -0.3 is 20.3 Å². The summed E-state index contributed by atoms with van der Waals surface area (Å²) in [5, 5.41) is 21.9. The molecule has 0 spiro atoms. The first kappa shape index (κ1) is 19.9. The Morgan fingerprint density at radius 1 is 1.22 bits per heavy atom. The zero-order valence-electron chi connectivity index (χ0n) is 14.7. The zero-order valence-corrected chi connectivity index (χ0v) is 14.7. The standard InChI is InChI=1S/C18H31NO4/c1-12(13(2)8-9-20)6-5-7-16(22)14(3)10-17-18(23-17)11-19-15(4)21/h6,8,14,16-18,20,22H,5,7,9-11H2,1-4H3,(H,19,21)/b12-6+,13-8+/t14-,16-,17-,18-/m0/s1. The summed E-state index contributed by atoms with van der Waals surface area (Å²) in [4.78, 5) is 10.8. The number of carbonyl (C=O) groups is 1. The number of allylic oxidation sites excluding steroid dienone is 3. The smallest absolute Gasteiger partial charge is 0.216 e. The van der Waals surface area contributed by atoms with E-state index in [1.54, 1.807) is 6.08 Å². The molecule has 1 fully saturated rings. The van der Waals surface area contributed by atoms with Gasteiger partial charge in [-0.05, 0) is 39.0 Å². The number of carbonyl (C=O) groups excluding carboxylic acids is 1. The van der Waals surface area contributed by atoms with E-state index in [0.29, 0.717) is 13.0 Å². The summed E-state index contributed by atoms with van der Waals surface area (Å²) >= 11 is 0. The summed E-state index contributed by atoms with van der Waals surface area (Å²) in [6.07, 6.45) is 6.13. The highest BCUT2D eigenvalue weighted by atomic mass is 16.6. The van der Waals surface area contributed by atoms with Gasteiger partial charge in [0.1, 0.15) is 6.10 Å². The lowest BCUT2D eigenvalue weighted by Gasteiger charge is -2.17. The van der Waals surface area contributed by atoms with Crippen LogP contribution in [0.2, 0.25) is 0 Å². The van der Waals surface area contributed by atoms with Crippen molar-refractivity contribution in [1.29, 1.82) is 0 Å². The quantitative estimate of drug-likeness (QED) is 0.423. The van der Waals surface area contributed by atoms with Gasteiger partial charge in [0.25, 0.3) is 0 Å². The van der Waals surface area contributed by atoms with Gasteiger partial charge in [0.05, 0.1) is 18.8 Å². The molecule has 5 nitrogen and oxygen atoms in total. The van der Waals surface area contributed by atoms with E-state index in [-0.39, 0.29) is 36.7 Å². The van der Waals surface area contributed by atoms with E-state index in [0.717, 1.165) is 24.0 Å². The van der Waals surface area contributed by atoms with Crippen molar-refractivity contribution >= 4 is 5.91 Å². The molecule has 1 aliphatic heterocycles. The monoisotopic (exact) mass is 325 g/mol. The van der Waals surface area contributed by atoms with Crippen molar-refractivity contribution in [2.45, 2.75) is 65.3 Å². The lowest BCUT2D eigenvalue weighted by atomic mass is 9.94. The molecule has 0 unspecified atom stereocenters. The van der Waals surface area contributed by atoms with Crippen molar-refractivity contribution in [3.63, 3.8) is 0 Å². The van der Waals surface area contributed by atoms with E-state index >= 15 is 0 Å². The average molecular weight is 325 g/mol. The maximum atomic E-state index is 10.8. The normalized spacial score (nSPS) is 24.3. The highest BCUT2D eigenvalue weighted by Crippen LogP contribution is 2.30. The molecule has 1 aliphatic rings. The number of epoxide rings is 1. The van der Waals surface area contributed by atoms with Crippen LogP contribution in [0, 0.1) is 5.92 Å². The molecule has 1 rings (SSSR count). The molecule has 0 aliphatic carbocycles. The molecule has 1 amide bonds. The maximum absolute atomic E-state index is 10.8. The molecule has 0 radical (unpaired) electrons. The summed E-state index contributed by atoms with van der Waals surface area (Å²) in [5.74, 6) is 0.130. The van der Waals surface area contributed by atoms with Crippen LogP contribution in [0.4, 0.5) is 0 Å². The molecule has 0 aromatic heterocycles. The Hall–Kier alpha value is -1.17. The van der Waals surface area contributed by atoms with Crippen LogP contribution in [0.15, 0.2) is 23.3 Å². The lowest BCUT2D eigenvalue weighted by molar-refractivity contribution is -0.119.